The predicted molar refractivity (Wildman–Crippen MR) is 105 cm³/mol. The second-order valence-corrected chi connectivity index (χ2v) is 15.4. The Morgan fingerprint density at radius 1 is 1.17 bits per heavy atom. The average molecular weight is 369 g/mol. The van der Waals surface area contributed by atoms with Gasteiger partial charge in [-0.05, 0) is 37.4 Å². The average Bonchev–Trinajstić information content (AvgIpc) is 2.41. The molecule has 0 aliphatic rings. The second-order valence-electron chi connectivity index (χ2n) is 8.27. The first-order chi connectivity index (χ1) is 10.9. The van der Waals surface area contributed by atoms with Crippen molar-refractivity contribution in [1.82, 2.24) is 0 Å². The summed E-state index contributed by atoms with van der Waals surface area (Å²) < 4.78 is 30.2. The molecule has 0 radical (unpaired) electrons. The molecule has 0 aromatic heterocycles. The van der Waals surface area contributed by atoms with Gasteiger partial charge in [-0.2, -0.15) is 8.42 Å². The third kappa shape index (κ3) is 7.32. The Balaban J connectivity index is 2.83. The molecule has 0 amide bonds. The molecule has 1 unspecified atom stereocenters. The van der Waals surface area contributed by atoms with E-state index < -0.39 is 18.2 Å². The van der Waals surface area contributed by atoms with E-state index in [-0.39, 0.29) is 17.4 Å². The fourth-order valence-electron chi connectivity index (χ4n) is 2.69. The van der Waals surface area contributed by atoms with Crippen molar-refractivity contribution in [3.05, 3.63) is 42.0 Å². The molecule has 0 bridgehead atoms. The zero-order valence-electron chi connectivity index (χ0n) is 15.9. The molecule has 0 aliphatic carbocycles. The van der Waals surface area contributed by atoms with E-state index in [1.807, 2.05) is 6.92 Å². The highest BCUT2D eigenvalue weighted by Crippen LogP contribution is 2.28. The van der Waals surface area contributed by atoms with Crippen molar-refractivity contribution < 1.29 is 12.6 Å². The smallest absolute Gasteiger partial charge is 0.266 e. The Kier molecular flexibility index (Phi) is 7.44. The van der Waals surface area contributed by atoms with Crippen molar-refractivity contribution >= 4 is 18.2 Å². The minimum atomic E-state index is -3.71. The largest absolute Gasteiger partial charge is 0.296 e. The van der Waals surface area contributed by atoms with Gasteiger partial charge < -0.3 is 0 Å². The van der Waals surface area contributed by atoms with E-state index in [4.69, 9.17) is 4.18 Å². The fraction of sp³-hybridized carbons (Fsp3) is 0.579. The van der Waals surface area contributed by atoms with Crippen LogP contribution in [0.1, 0.15) is 25.8 Å². The maximum absolute atomic E-state index is 12.4. The van der Waals surface area contributed by atoms with Gasteiger partial charge >= 0.3 is 0 Å². The molecule has 1 aromatic rings. The highest BCUT2D eigenvalue weighted by atomic mass is 32.2. The highest BCUT2D eigenvalue weighted by molar-refractivity contribution is 7.86. The Morgan fingerprint density at radius 2 is 1.71 bits per heavy atom. The van der Waals surface area contributed by atoms with E-state index in [2.05, 4.69) is 40.1 Å². The van der Waals surface area contributed by atoms with Crippen molar-refractivity contribution in [2.45, 2.75) is 57.8 Å². The van der Waals surface area contributed by atoms with E-state index in [1.54, 1.807) is 24.3 Å². The molecule has 1 aromatic carbocycles. The van der Waals surface area contributed by atoms with Crippen LogP contribution in [0.4, 0.5) is 0 Å². The van der Waals surface area contributed by atoms with Crippen LogP contribution in [-0.2, 0) is 14.3 Å². The van der Waals surface area contributed by atoms with Crippen molar-refractivity contribution in [3.8, 4) is 0 Å². The lowest BCUT2D eigenvalue weighted by atomic mass is 9.92. The molecule has 0 spiro atoms. The van der Waals surface area contributed by atoms with Gasteiger partial charge in [0, 0.05) is 14.0 Å². The first-order valence-electron chi connectivity index (χ1n) is 8.54. The van der Waals surface area contributed by atoms with Gasteiger partial charge in [0.15, 0.2) is 0 Å². The SMILES string of the molecule is C=C(C[Si](C)(C)C)C(COS(=O)(=O)c1ccc(C)cc1)CC(C)C. The summed E-state index contributed by atoms with van der Waals surface area (Å²) in [5.74, 6) is 0.552. The third-order valence-corrected chi connectivity index (χ3v) is 6.64. The number of benzene rings is 1. The van der Waals surface area contributed by atoms with Crippen LogP contribution in [0.25, 0.3) is 0 Å². The van der Waals surface area contributed by atoms with Crippen molar-refractivity contribution in [2.24, 2.45) is 11.8 Å². The first-order valence-corrected chi connectivity index (χ1v) is 13.7. The molecule has 0 N–H and O–H groups in total. The van der Waals surface area contributed by atoms with Gasteiger partial charge in [-0.1, -0.05) is 63.3 Å². The quantitative estimate of drug-likeness (QED) is 0.339. The summed E-state index contributed by atoms with van der Waals surface area (Å²) in [4.78, 5) is 0.215. The Labute approximate surface area is 149 Å². The zero-order valence-corrected chi connectivity index (χ0v) is 17.7. The van der Waals surface area contributed by atoms with Gasteiger partial charge in [0.25, 0.3) is 10.1 Å². The summed E-state index contributed by atoms with van der Waals surface area (Å²) in [6, 6.07) is 7.76. The van der Waals surface area contributed by atoms with Crippen LogP contribution < -0.4 is 0 Å². The number of hydrogen-bond acceptors (Lipinski definition) is 3. The van der Waals surface area contributed by atoms with Gasteiger partial charge in [0.1, 0.15) is 0 Å². The van der Waals surface area contributed by atoms with Crippen LogP contribution in [0.5, 0.6) is 0 Å². The highest BCUT2D eigenvalue weighted by Gasteiger charge is 2.24. The van der Waals surface area contributed by atoms with Crippen LogP contribution in [0, 0.1) is 18.8 Å². The van der Waals surface area contributed by atoms with Crippen LogP contribution in [-0.4, -0.2) is 23.1 Å². The van der Waals surface area contributed by atoms with Crippen LogP contribution in [0.3, 0.4) is 0 Å². The molecule has 24 heavy (non-hydrogen) atoms. The molecule has 0 aliphatic heterocycles. The topological polar surface area (TPSA) is 43.4 Å². The molecule has 0 saturated heterocycles. The van der Waals surface area contributed by atoms with E-state index in [9.17, 15) is 8.42 Å². The molecule has 0 heterocycles. The summed E-state index contributed by atoms with van der Waals surface area (Å²) in [6.45, 7) is 17.5. The van der Waals surface area contributed by atoms with E-state index in [0.717, 1.165) is 23.6 Å². The summed E-state index contributed by atoms with van der Waals surface area (Å²) in [5.41, 5.74) is 2.15. The molecule has 1 atom stereocenters. The van der Waals surface area contributed by atoms with Gasteiger partial charge in [0.05, 0.1) is 11.5 Å². The lowest BCUT2D eigenvalue weighted by Crippen LogP contribution is -2.25. The van der Waals surface area contributed by atoms with E-state index in [0.29, 0.717) is 5.92 Å². The summed E-state index contributed by atoms with van der Waals surface area (Å²) in [6.07, 6.45) is 0.896. The normalized spacial score (nSPS) is 14.0. The van der Waals surface area contributed by atoms with Gasteiger partial charge in [0.2, 0.25) is 0 Å². The molecule has 0 fully saturated rings. The Bertz CT molecular complexity index is 640. The van der Waals surface area contributed by atoms with Crippen LogP contribution in [0.15, 0.2) is 41.3 Å². The first kappa shape index (κ1) is 21.1. The molecular formula is C19H32O3SSi. The summed E-state index contributed by atoms with van der Waals surface area (Å²) >= 11 is 0. The molecule has 3 nitrogen and oxygen atoms in total. The van der Waals surface area contributed by atoms with Crippen molar-refractivity contribution in [2.75, 3.05) is 6.61 Å². The maximum atomic E-state index is 12.4. The molecule has 0 saturated carbocycles. The second kappa shape index (κ2) is 8.45. The summed E-state index contributed by atoms with van der Waals surface area (Å²) in [5, 5.41) is 0. The number of hydrogen-bond donors (Lipinski definition) is 0. The van der Waals surface area contributed by atoms with Gasteiger partial charge in [-0.15, -0.1) is 0 Å². The third-order valence-electron chi connectivity index (χ3n) is 3.82. The maximum Gasteiger partial charge on any atom is 0.296 e. The minimum Gasteiger partial charge on any atom is -0.266 e. The van der Waals surface area contributed by atoms with Crippen LogP contribution in [0.2, 0.25) is 25.7 Å². The van der Waals surface area contributed by atoms with E-state index >= 15 is 0 Å². The Morgan fingerprint density at radius 3 is 2.17 bits per heavy atom. The van der Waals surface area contributed by atoms with E-state index in [1.165, 1.54) is 0 Å². The van der Waals surface area contributed by atoms with Crippen molar-refractivity contribution in [1.29, 1.82) is 0 Å². The van der Waals surface area contributed by atoms with Crippen LogP contribution >= 0.6 is 0 Å². The zero-order chi connectivity index (χ0) is 18.5. The predicted octanol–water partition coefficient (Wildman–Crippen LogP) is 5.26. The lowest BCUT2D eigenvalue weighted by Gasteiger charge is -2.26. The molecule has 136 valence electrons. The number of aryl methyl sites for hydroxylation is 1. The molecular weight excluding hydrogens is 336 g/mol. The fourth-order valence-corrected chi connectivity index (χ4v) is 5.29. The van der Waals surface area contributed by atoms with Crippen molar-refractivity contribution in [3.63, 3.8) is 0 Å². The molecule has 5 heteroatoms. The minimum absolute atomic E-state index is 0.0805. The number of rotatable bonds is 9. The summed E-state index contributed by atoms with van der Waals surface area (Å²) in [7, 11) is -5.00. The Hall–Kier alpha value is -0.913. The molecule has 1 rings (SSSR count). The monoisotopic (exact) mass is 368 g/mol. The lowest BCUT2D eigenvalue weighted by molar-refractivity contribution is 0.253. The van der Waals surface area contributed by atoms with Gasteiger partial charge in [-0.3, -0.25) is 4.18 Å². The van der Waals surface area contributed by atoms with Gasteiger partial charge in [-0.25, -0.2) is 0 Å². The standard InChI is InChI=1S/C19H32O3SSi/c1-15(2)12-18(17(4)14-24(5,6)7)13-22-23(20,21)19-10-8-16(3)9-11-19/h8-11,15,18H,4,12-14H2,1-3,5-7H3.